The molecule has 3 rings (SSSR count). The van der Waals surface area contributed by atoms with Crippen LogP contribution in [0.5, 0.6) is 0 Å². The topological polar surface area (TPSA) is 64.2 Å². The molecule has 28 heavy (non-hydrogen) atoms. The highest BCUT2D eigenvalue weighted by molar-refractivity contribution is 5.98. The van der Waals surface area contributed by atoms with Crippen molar-refractivity contribution in [1.82, 2.24) is 4.57 Å². The lowest BCUT2D eigenvalue weighted by Crippen LogP contribution is -2.11. The number of aromatic nitrogens is 1. The summed E-state index contributed by atoms with van der Waals surface area (Å²) in [6.45, 7) is 0.914. The lowest BCUT2D eigenvalue weighted by atomic mass is 10.1. The Kier molecular flexibility index (Phi) is 6.20. The smallest absolute Gasteiger partial charge is 0.348 e. The van der Waals surface area contributed by atoms with Crippen LogP contribution in [0.4, 0.5) is 4.39 Å². The Morgan fingerprint density at radius 1 is 1.21 bits per heavy atom. The van der Waals surface area contributed by atoms with Gasteiger partial charge in [-0.05, 0) is 47.5 Å². The summed E-state index contributed by atoms with van der Waals surface area (Å²) in [4.78, 5) is 11.9. The first-order valence-corrected chi connectivity index (χ1v) is 8.72. The van der Waals surface area contributed by atoms with Gasteiger partial charge in [-0.25, -0.2) is 9.18 Å². The second kappa shape index (κ2) is 8.98. The number of nitriles is 1. The summed E-state index contributed by atoms with van der Waals surface area (Å²) in [5.74, 6) is -0.939. The SMILES string of the molecule is COCCOC(=O)/C(C#N)=C\c1ccc2c(ccn2Cc2cccc(F)c2)c1. The number of benzene rings is 2. The fraction of sp³-hybridized carbons (Fsp3) is 0.182. The molecule has 0 fully saturated rings. The third-order valence-corrected chi connectivity index (χ3v) is 4.21. The molecule has 0 aliphatic heterocycles. The van der Waals surface area contributed by atoms with E-state index in [1.54, 1.807) is 6.07 Å². The standard InChI is InChI=1S/C22H19FN2O3/c1-27-9-10-28-22(26)19(14-24)12-16-5-6-21-18(11-16)7-8-25(21)15-17-3-2-4-20(23)13-17/h2-8,11-13H,9-10,15H2,1H3/b19-12-. The van der Waals surface area contributed by atoms with Crippen LogP contribution in [0.15, 0.2) is 60.3 Å². The minimum absolute atomic E-state index is 0.0744. The number of hydrogen-bond acceptors (Lipinski definition) is 4. The van der Waals surface area contributed by atoms with E-state index in [9.17, 15) is 14.4 Å². The van der Waals surface area contributed by atoms with Gasteiger partial charge in [-0.15, -0.1) is 0 Å². The van der Waals surface area contributed by atoms with Crippen molar-refractivity contribution in [2.45, 2.75) is 6.54 Å². The van der Waals surface area contributed by atoms with Crippen LogP contribution in [0.25, 0.3) is 17.0 Å². The number of ether oxygens (including phenoxy) is 2. The molecule has 0 saturated heterocycles. The van der Waals surface area contributed by atoms with Gasteiger partial charge in [0.2, 0.25) is 0 Å². The number of esters is 1. The van der Waals surface area contributed by atoms with E-state index in [0.717, 1.165) is 22.0 Å². The zero-order valence-electron chi connectivity index (χ0n) is 15.4. The number of nitrogens with zero attached hydrogens (tertiary/aromatic N) is 2. The van der Waals surface area contributed by atoms with Gasteiger partial charge in [-0.2, -0.15) is 5.26 Å². The monoisotopic (exact) mass is 378 g/mol. The van der Waals surface area contributed by atoms with E-state index in [2.05, 4.69) is 0 Å². The molecule has 0 N–H and O–H groups in total. The number of methoxy groups -OCH3 is 1. The predicted molar refractivity (Wildman–Crippen MR) is 104 cm³/mol. The molecule has 142 valence electrons. The highest BCUT2D eigenvalue weighted by Crippen LogP contribution is 2.21. The highest BCUT2D eigenvalue weighted by atomic mass is 19.1. The highest BCUT2D eigenvalue weighted by Gasteiger charge is 2.11. The van der Waals surface area contributed by atoms with Gasteiger partial charge in [0, 0.05) is 30.8 Å². The van der Waals surface area contributed by atoms with Crippen LogP contribution in [0.1, 0.15) is 11.1 Å². The molecule has 0 amide bonds. The van der Waals surface area contributed by atoms with Crippen molar-refractivity contribution in [3.63, 3.8) is 0 Å². The van der Waals surface area contributed by atoms with E-state index in [4.69, 9.17) is 9.47 Å². The molecular weight excluding hydrogens is 359 g/mol. The van der Waals surface area contributed by atoms with E-state index in [-0.39, 0.29) is 24.6 Å². The Labute approximate surface area is 162 Å². The normalized spacial score (nSPS) is 11.4. The van der Waals surface area contributed by atoms with E-state index in [1.807, 2.05) is 47.2 Å². The van der Waals surface area contributed by atoms with E-state index >= 15 is 0 Å². The summed E-state index contributed by atoms with van der Waals surface area (Å²) in [6.07, 6.45) is 3.42. The molecule has 3 aromatic rings. The maximum absolute atomic E-state index is 13.4. The van der Waals surface area contributed by atoms with Crippen LogP contribution in [-0.2, 0) is 20.8 Å². The average Bonchev–Trinajstić information content (AvgIpc) is 3.08. The van der Waals surface area contributed by atoms with Gasteiger partial charge in [0.1, 0.15) is 24.1 Å². The molecule has 0 atom stereocenters. The minimum atomic E-state index is -0.677. The number of carbonyl (C=O) groups excluding carboxylic acids is 1. The summed E-state index contributed by atoms with van der Waals surface area (Å²) in [6, 6.07) is 15.9. The largest absolute Gasteiger partial charge is 0.459 e. The van der Waals surface area contributed by atoms with Crippen LogP contribution >= 0.6 is 0 Å². The number of carbonyl (C=O) groups is 1. The van der Waals surface area contributed by atoms with Gasteiger partial charge in [-0.1, -0.05) is 18.2 Å². The number of halogens is 1. The average molecular weight is 378 g/mol. The van der Waals surface area contributed by atoms with E-state index in [1.165, 1.54) is 25.3 Å². The molecule has 0 aliphatic carbocycles. The summed E-state index contributed by atoms with van der Waals surface area (Å²) in [5.41, 5.74) is 2.49. The molecular formula is C22H19FN2O3. The van der Waals surface area contributed by atoms with Gasteiger partial charge in [-0.3, -0.25) is 0 Å². The van der Waals surface area contributed by atoms with Crippen molar-refractivity contribution in [3.05, 3.63) is 77.2 Å². The van der Waals surface area contributed by atoms with Crippen LogP contribution in [-0.4, -0.2) is 30.9 Å². The summed E-state index contributed by atoms with van der Waals surface area (Å²) < 4.78 is 25.2. The molecule has 1 heterocycles. The first-order valence-electron chi connectivity index (χ1n) is 8.72. The Balaban J connectivity index is 1.81. The van der Waals surface area contributed by atoms with E-state index < -0.39 is 5.97 Å². The maximum atomic E-state index is 13.4. The van der Waals surface area contributed by atoms with E-state index in [0.29, 0.717) is 6.54 Å². The van der Waals surface area contributed by atoms with Crippen molar-refractivity contribution in [1.29, 1.82) is 5.26 Å². The first kappa shape index (κ1) is 19.3. The summed E-state index contributed by atoms with van der Waals surface area (Å²) in [7, 11) is 1.50. The summed E-state index contributed by atoms with van der Waals surface area (Å²) in [5, 5.41) is 10.2. The molecule has 0 unspecified atom stereocenters. The van der Waals surface area contributed by atoms with Crippen LogP contribution < -0.4 is 0 Å². The fourth-order valence-corrected chi connectivity index (χ4v) is 2.88. The Bertz CT molecular complexity index is 1060. The molecule has 1 aromatic heterocycles. The second-order valence-corrected chi connectivity index (χ2v) is 6.19. The van der Waals surface area contributed by atoms with Crippen molar-refractivity contribution < 1.29 is 18.7 Å². The lowest BCUT2D eigenvalue weighted by Gasteiger charge is -2.06. The van der Waals surface area contributed by atoms with Gasteiger partial charge in [0.05, 0.1) is 6.61 Å². The Morgan fingerprint density at radius 2 is 2.07 bits per heavy atom. The van der Waals surface area contributed by atoms with Crippen LogP contribution in [0.3, 0.4) is 0 Å². The summed E-state index contributed by atoms with van der Waals surface area (Å²) >= 11 is 0. The predicted octanol–water partition coefficient (Wildman–Crippen LogP) is 3.93. The van der Waals surface area contributed by atoms with Gasteiger partial charge < -0.3 is 14.0 Å². The first-order chi connectivity index (χ1) is 13.6. The Hall–Kier alpha value is -3.43. The third kappa shape index (κ3) is 4.64. The van der Waals surface area contributed by atoms with Crippen molar-refractivity contribution in [3.8, 4) is 6.07 Å². The van der Waals surface area contributed by atoms with Crippen molar-refractivity contribution in [2.75, 3.05) is 20.3 Å². The molecule has 5 nitrogen and oxygen atoms in total. The number of rotatable bonds is 7. The van der Waals surface area contributed by atoms with Crippen molar-refractivity contribution >= 4 is 22.9 Å². The third-order valence-electron chi connectivity index (χ3n) is 4.21. The number of fused-ring (bicyclic) bond motifs is 1. The van der Waals surface area contributed by atoms with Crippen LogP contribution in [0.2, 0.25) is 0 Å². The fourth-order valence-electron chi connectivity index (χ4n) is 2.88. The quantitative estimate of drug-likeness (QED) is 0.270. The van der Waals surface area contributed by atoms with Gasteiger partial charge in [0.15, 0.2) is 0 Å². The molecule has 0 aliphatic rings. The number of hydrogen-bond donors (Lipinski definition) is 0. The molecule has 2 aromatic carbocycles. The molecule has 0 spiro atoms. The molecule has 6 heteroatoms. The molecule has 0 saturated carbocycles. The molecule has 0 bridgehead atoms. The van der Waals surface area contributed by atoms with Crippen molar-refractivity contribution in [2.24, 2.45) is 0 Å². The lowest BCUT2D eigenvalue weighted by molar-refractivity contribution is -0.139. The molecule has 0 radical (unpaired) electrons. The van der Waals surface area contributed by atoms with Gasteiger partial charge >= 0.3 is 5.97 Å². The zero-order chi connectivity index (χ0) is 19.9. The minimum Gasteiger partial charge on any atom is -0.459 e. The van der Waals surface area contributed by atoms with Gasteiger partial charge in [0.25, 0.3) is 0 Å². The zero-order valence-corrected chi connectivity index (χ0v) is 15.4. The Morgan fingerprint density at radius 3 is 2.82 bits per heavy atom. The second-order valence-electron chi connectivity index (χ2n) is 6.19. The van der Waals surface area contributed by atoms with Crippen LogP contribution in [0, 0.1) is 17.1 Å². The maximum Gasteiger partial charge on any atom is 0.348 e.